The fourth-order valence-electron chi connectivity index (χ4n) is 2.00. The molecule has 0 fully saturated rings. The maximum atomic E-state index is 12.2. The number of aromatic carboxylic acids is 2. The lowest BCUT2D eigenvalue weighted by molar-refractivity contribution is -0.600. The number of carbonyl (C=O) groups is 2. The Morgan fingerprint density at radius 1 is 1.14 bits per heavy atom. The molecule has 0 radical (unpaired) electrons. The van der Waals surface area contributed by atoms with Gasteiger partial charge in [-0.3, -0.25) is 0 Å². The number of carboxylic acids is 2. The van der Waals surface area contributed by atoms with Crippen LogP contribution in [0.15, 0.2) is 30.3 Å². The molecule has 21 heavy (non-hydrogen) atoms. The Morgan fingerprint density at radius 2 is 1.71 bits per heavy atom. The monoisotopic (exact) mass is 307 g/mol. The van der Waals surface area contributed by atoms with Gasteiger partial charge in [0.25, 0.3) is 0 Å². The maximum absolute atomic E-state index is 12.2. The van der Waals surface area contributed by atoms with Gasteiger partial charge in [0.1, 0.15) is 5.56 Å². The van der Waals surface area contributed by atoms with E-state index in [1.807, 2.05) is 0 Å². The molecule has 2 N–H and O–H groups in total. The van der Waals surface area contributed by atoms with Gasteiger partial charge >= 0.3 is 11.9 Å². The van der Waals surface area contributed by atoms with E-state index in [4.69, 9.17) is 21.8 Å². The third-order valence-corrected chi connectivity index (χ3v) is 3.27. The van der Waals surface area contributed by atoms with Crippen LogP contribution in [-0.2, 0) is 0 Å². The number of carboxylic acid groups (broad SMARTS) is 2. The zero-order valence-electron chi connectivity index (χ0n) is 10.8. The van der Waals surface area contributed by atoms with Crippen LogP contribution in [0.3, 0.4) is 0 Å². The summed E-state index contributed by atoms with van der Waals surface area (Å²) in [5.74, 6) is -2.87. The molecule has 1 aromatic carbocycles. The summed E-state index contributed by atoms with van der Waals surface area (Å²) >= 11 is 5.76. The summed E-state index contributed by atoms with van der Waals surface area (Å²) in [4.78, 5) is 22.4. The molecule has 1 aromatic heterocycles. The highest BCUT2D eigenvalue weighted by molar-refractivity contribution is 6.30. The van der Waals surface area contributed by atoms with E-state index in [0.717, 1.165) is 6.07 Å². The number of rotatable bonds is 3. The largest absolute Gasteiger partial charge is 0.618 e. The molecule has 2 rings (SSSR count). The summed E-state index contributed by atoms with van der Waals surface area (Å²) < 4.78 is 0.402. The first-order valence-electron chi connectivity index (χ1n) is 5.82. The second-order valence-electron chi connectivity index (χ2n) is 4.32. The van der Waals surface area contributed by atoms with Gasteiger partial charge in [0.05, 0.1) is 5.56 Å². The summed E-state index contributed by atoms with van der Waals surface area (Å²) in [6.45, 7) is 1.27. The molecule has 0 spiro atoms. The van der Waals surface area contributed by atoms with Gasteiger partial charge in [-0.2, -0.15) is 4.73 Å². The normalized spacial score (nSPS) is 10.4. The molecule has 0 aliphatic heterocycles. The highest BCUT2D eigenvalue weighted by Crippen LogP contribution is 2.23. The van der Waals surface area contributed by atoms with Crippen molar-refractivity contribution >= 4 is 23.5 Å². The lowest BCUT2D eigenvalue weighted by Crippen LogP contribution is -2.36. The molecule has 108 valence electrons. The van der Waals surface area contributed by atoms with E-state index < -0.39 is 23.1 Å². The molecule has 0 unspecified atom stereocenters. The van der Waals surface area contributed by atoms with E-state index in [1.54, 1.807) is 24.3 Å². The summed E-state index contributed by atoms with van der Waals surface area (Å²) in [6.07, 6.45) is 0. The van der Waals surface area contributed by atoms with E-state index in [0.29, 0.717) is 15.3 Å². The molecule has 0 aliphatic carbocycles. The second kappa shape index (κ2) is 5.41. The van der Waals surface area contributed by atoms with Crippen LogP contribution in [-0.4, -0.2) is 22.2 Å². The Labute approximate surface area is 124 Å². The van der Waals surface area contributed by atoms with Crippen molar-refractivity contribution in [1.82, 2.24) is 0 Å². The van der Waals surface area contributed by atoms with Gasteiger partial charge in [-0.15, -0.1) is 0 Å². The van der Waals surface area contributed by atoms with Crippen molar-refractivity contribution in [3.8, 4) is 11.3 Å². The second-order valence-corrected chi connectivity index (χ2v) is 4.75. The minimum atomic E-state index is -1.46. The van der Waals surface area contributed by atoms with Crippen LogP contribution in [0.5, 0.6) is 0 Å². The third kappa shape index (κ3) is 2.66. The van der Waals surface area contributed by atoms with Crippen molar-refractivity contribution in [3.63, 3.8) is 0 Å². The number of pyridine rings is 1. The molecule has 6 nitrogen and oxygen atoms in total. The van der Waals surface area contributed by atoms with Gasteiger partial charge < -0.3 is 15.4 Å². The fraction of sp³-hybridized carbons (Fsp3) is 0.0714. The number of hydrogen-bond acceptors (Lipinski definition) is 3. The van der Waals surface area contributed by atoms with Gasteiger partial charge in [-0.05, 0) is 24.3 Å². The first-order chi connectivity index (χ1) is 9.82. The predicted octanol–water partition coefficient (Wildman–Crippen LogP) is 2.35. The number of benzene rings is 1. The molecule has 0 amide bonds. The zero-order valence-corrected chi connectivity index (χ0v) is 11.6. The summed E-state index contributed by atoms with van der Waals surface area (Å²) in [5, 5.41) is 30.9. The number of halogens is 1. The van der Waals surface area contributed by atoms with Crippen molar-refractivity contribution in [2.24, 2.45) is 0 Å². The van der Waals surface area contributed by atoms with Crippen LogP contribution in [0.25, 0.3) is 11.3 Å². The Bertz CT molecular complexity index is 740. The molecule has 0 aliphatic rings. The minimum absolute atomic E-state index is 0.0477. The van der Waals surface area contributed by atoms with Crippen molar-refractivity contribution < 1.29 is 24.5 Å². The molecule has 0 atom stereocenters. The van der Waals surface area contributed by atoms with Crippen LogP contribution in [0, 0.1) is 12.1 Å². The van der Waals surface area contributed by atoms with Crippen molar-refractivity contribution in [2.75, 3.05) is 0 Å². The van der Waals surface area contributed by atoms with Gasteiger partial charge in [-0.25, -0.2) is 9.59 Å². The lowest BCUT2D eigenvalue weighted by Gasteiger charge is -2.11. The Kier molecular flexibility index (Phi) is 3.82. The topological polar surface area (TPSA) is 102 Å². The average Bonchev–Trinajstić information content (AvgIpc) is 2.42. The summed E-state index contributed by atoms with van der Waals surface area (Å²) in [7, 11) is 0. The molecule has 1 heterocycles. The number of aromatic nitrogens is 1. The van der Waals surface area contributed by atoms with E-state index >= 15 is 0 Å². The third-order valence-electron chi connectivity index (χ3n) is 3.02. The van der Waals surface area contributed by atoms with Gasteiger partial charge in [0.15, 0.2) is 0 Å². The van der Waals surface area contributed by atoms with Crippen molar-refractivity contribution in [2.45, 2.75) is 6.92 Å². The number of hydrogen-bond donors (Lipinski definition) is 2. The van der Waals surface area contributed by atoms with Crippen LogP contribution in [0.1, 0.15) is 26.4 Å². The first-order valence-corrected chi connectivity index (χ1v) is 6.20. The van der Waals surface area contributed by atoms with Crippen molar-refractivity contribution in [1.29, 1.82) is 0 Å². The van der Waals surface area contributed by atoms with Crippen LogP contribution >= 0.6 is 11.6 Å². The molecular weight excluding hydrogens is 298 g/mol. The zero-order chi connectivity index (χ0) is 15.7. The quantitative estimate of drug-likeness (QED) is 0.669. The number of nitrogens with zero attached hydrogens (tertiary/aromatic N) is 1. The van der Waals surface area contributed by atoms with E-state index in [1.165, 1.54) is 6.92 Å². The highest BCUT2D eigenvalue weighted by atomic mass is 35.5. The summed E-state index contributed by atoms with van der Waals surface area (Å²) in [5.41, 5.74) is -0.650. The SMILES string of the molecule is Cc1c(C(=O)O)c(C(=O)O)cc(-c2ccc(Cl)cc2)[n+]1[O-]. The van der Waals surface area contributed by atoms with Crippen LogP contribution in [0.4, 0.5) is 0 Å². The highest BCUT2D eigenvalue weighted by Gasteiger charge is 2.27. The van der Waals surface area contributed by atoms with Crippen LogP contribution < -0.4 is 4.73 Å². The minimum Gasteiger partial charge on any atom is -0.618 e. The molecule has 2 aromatic rings. The molecule has 0 bridgehead atoms. The van der Waals surface area contributed by atoms with E-state index in [9.17, 15) is 14.8 Å². The molecular formula is C14H10ClNO5. The maximum Gasteiger partial charge on any atom is 0.343 e. The lowest BCUT2D eigenvalue weighted by atomic mass is 10.0. The van der Waals surface area contributed by atoms with E-state index in [2.05, 4.69) is 0 Å². The Hall–Kier alpha value is -2.60. The van der Waals surface area contributed by atoms with Gasteiger partial charge in [0, 0.05) is 23.6 Å². The van der Waals surface area contributed by atoms with Crippen LogP contribution in [0.2, 0.25) is 5.02 Å². The van der Waals surface area contributed by atoms with Crippen molar-refractivity contribution in [3.05, 3.63) is 57.4 Å². The molecule has 7 heteroatoms. The van der Waals surface area contributed by atoms with Gasteiger partial charge in [0.2, 0.25) is 11.4 Å². The first kappa shape index (κ1) is 14.8. The summed E-state index contributed by atoms with van der Waals surface area (Å²) in [6, 6.07) is 7.26. The van der Waals surface area contributed by atoms with E-state index in [-0.39, 0.29) is 11.4 Å². The molecule has 0 saturated heterocycles. The molecule has 0 saturated carbocycles. The van der Waals surface area contributed by atoms with Gasteiger partial charge in [-0.1, -0.05) is 11.6 Å². The smallest absolute Gasteiger partial charge is 0.343 e. The fourth-order valence-corrected chi connectivity index (χ4v) is 2.13. The average molecular weight is 308 g/mol. The predicted molar refractivity (Wildman–Crippen MR) is 74.5 cm³/mol. The standard InChI is InChI=1S/C14H10ClNO5/c1-7-12(14(19)20)10(13(17)18)6-11(16(7)21)8-2-4-9(15)5-3-8/h2-6H,1H3,(H,17,18)(H,19,20). The Balaban J connectivity index is 2.77. The Morgan fingerprint density at radius 3 is 2.19 bits per heavy atom.